The fourth-order valence-corrected chi connectivity index (χ4v) is 2.75. The Bertz CT molecular complexity index is 874. The van der Waals surface area contributed by atoms with Crippen molar-refractivity contribution in [1.82, 2.24) is 0 Å². The summed E-state index contributed by atoms with van der Waals surface area (Å²) in [6.07, 6.45) is 0. The normalized spacial score (nSPS) is 10.7. The fourth-order valence-electron chi connectivity index (χ4n) is 2.02. The number of esters is 2. The first kappa shape index (κ1) is 19.2. The molecule has 1 radical (unpaired) electrons. The smallest absolute Gasteiger partial charge is 0.337 e. The monoisotopic (exact) mass is 331 g/mol. The molecular formula is C14H12LiO7S. The Kier molecular flexibility index (Phi) is 5.96. The van der Waals surface area contributed by atoms with Gasteiger partial charge >= 0.3 is 11.9 Å². The van der Waals surface area contributed by atoms with Crippen molar-refractivity contribution >= 4 is 51.7 Å². The van der Waals surface area contributed by atoms with Gasteiger partial charge in [0.25, 0.3) is 10.1 Å². The second-order valence-electron chi connectivity index (χ2n) is 4.37. The third-order valence-corrected chi connectivity index (χ3v) is 3.93. The van der Waals surface area contributed by atoms with Crippen LogP contribution in [0.5, 0.6) is 0 Å². The van der Waals surface area contributed by atoms with Gasteiger partial charge in [0.1, 0.15) is 4.90 Å². The van der Waals surface area contributed by atoms with E-state index in [1.165, 1.54) is 31.4 Å². The molecule has 0 aliphatic carbocycles. The van der Waals surface area contributed by atoms with Crippen molar-refractivity contribution in [2.45, 2.75) is 4.90 Å². The number of ether oxygens (including phenoxy) is 2. The second-order valence-corrected chi connectivity index (χ2v) is 5.76. The molecule has 0 aromatic heterocycles. The van der Waals surface area contributed by atoms with E-state index in [2.05, 4.69) is 9.47 Å². The van der Waals surface area contributed by atoms with Crippen LogP contribution in [0.1, 0.15) is 20.7 Å². The summed E-state index contributed by atoms with van der Waals surface area (Å²) in [6.45, 7) is 0. The van der Waals surface area contributed by atoms with E-state index in [0.29, 0.717) is 5.39 Å². The molecule has 0 unspecified atom stereocenters. The largest absolute Gasteiger partial charge is 0.465 e. The van der Waals surface area contributed by atoms with Crippen LogP contribution in [0.15, 0.2) is 35.2 Å². The minimum absolute atomic E-state index is 0. The van der Waals surface area contributed by atoms with Gasteiger partial charge in [0.15, 0.2) is 0 Å². The topological polar surface area (TPSA) is 107 Å². The van der Waals surface area contributed by atoms with E-state index in [4.69, 9.17) is 0 Å². The molecule has 0 saturated carbocycles. The number of hydrogen-bond acceptors (Lipinski definition) is 6. The van der Waals surface area contributed by atoms with E-state index in [1.54, 1.807) is 0 Å². The van der Waals surface area contributed by atoms with Crippen LogP contribution >= 0.6 is 0 Å². The molecule has 2 rings (SSSR count). The molecule has 117 valence electrons. The standard InChI is InChI=1S/C14H12O7S.Li/c1-20-13(15)9-4-3-8-5-10(14(16)21-2)7-12(11(8)6-9)22(17,18)19;/h3-7H,1-2H3,(H,17,18,19);. The summed E-state index contributed by atoms with van der Waals surface area (Å²) < 4.78 is 41.6. The number of rotatable bonds is 3. The third-order valence-electron chi connectivity index (χ3n) is 3.04. The molecule has 0 fully saturated rings. The average molecular weight is 331 g/mol. The molecule has 0 atom stereocenters. The Balaban J connectivity index is 0.00000264. The van der Waals surface area contributed by atoms with Crippen molar-refractivity contribution in [2.24, 2.45) is 0 Å². The zero-order valence-electron chi connectivity index (χ0n) is 12.7. The molecule has 0 amide bonds. The Morgan fingerprint density at radius 2 is 1.52 bits per heavy atom. The number of methoxy groups -OCH3 is 2. The van der Waals surface area contributed by atoms with Gasteiger partial charge < -0.3 is 9.47 Å². The van der Waals surface area contributed by atoms with E-state index in [0.717, 1.165) is 13.2 Å². The quantitative estimate of drug-likeness (QED) is 0.513. The molecule has 0 heterocycles. The Morgan fingerprint density at radius 3 is 2.04 bits per heavy atom. The maximum absolute atomic E-state index is 11.6. The molecule has 9 heteroatoms. The van der Waals surface area contributed by atoms with Crippen LogP contribution in [0.25, 0.3) is 10.8 Å². The van der Waals surface area contributed by atoms with Crippen LogP contribution in [0.3, 0.4) is 0 Å². The number of fused-ring (bicyclic) bond motifs is 1. The predicted molar refractivity (Wildman–Crippen MR) is 82.2 cm³/mol. The van der Waals surface area contributed by atoms with Crippen LogP contribution in [0.2, 0.25) is 0 Å². The minimum atomic E-state index is -4.60. The Labute approximate surface area is 144 Å². The van der Waals surface area contributed by atoms with Crippen molar-refractivity contribution in [3.8, 4) is 0 Å². The summed E-state index contributed by atoms with van der Waals surface area (Å²) in [7, 11) is -2.26. The van der Waals surface area contributed by atoms with Crippen molar-refractivity contribution in [3.05, 3.63) is 41.5 Å². The summed E-state index contributed by atoms with van der Waals surface area (Å²) in [4.78, 5) is 22.6. The molecule has 2 aromatic carbocycles. The molecule has 2 aromatic rings. The molecule has 0 spiro atoms. The first-order chi connectivity index (χ1) is 10.3. The van der Waals surface area contributed by atoms with E-state index in [-0.39, 0.29) is 35.4 Å². The van der Waals surface area contributed by atoms with E-state index in [1.807, 2.05) is 0 Å². The maximum atomic E-state index is 11.6. The number of benzene rings is 2. The Morgan fingerprint density at radius 1 is 0.957 bits per heavy atom. The first-order valence-corrected chi connectivity index (χ1v) is 7.44. The van der Waals surface area contributed by atoms with Gasteiger partial charge in [-0.15, -0.1) is 0 Å². The molecule has 1 N–H and O–H groups in total. The van der Waals surface area contributed by atoms with Crippen LogP contribution in [0.4, 0.5) is 0 Å². The summed E-state index contributed by atoms with van der Waals surface area (Å²) in [6, 6.07) is 6.53. The van der Waals surface area contributed by atoms with Gasteiger partial charge in [0.2, 0.25) is 0 Å². The summed E-state index contributed by atoms with van der Waals surface area (Å²) in [5.41, 5.74) is 0.0826. The van der Waals surface area contributed by atoms with E-state index >= 15 is 0 Å². The molecule has 0 saturated heterocycles. The summed E-state index contributed by atoms with van der Waals surface area (Å²) in [5, 5.41) is 0.446. The second kappa shape index (κ2) is 7.15. The molecule has 0 aliphatic heterocycles. The minimum Gasteiger partial charge on any atom is -0.465 e. The summed E-state index contributed by atoms with van der Waals surface area (Å²) >= 11 is 0. The fraction of sp³-hybridized carbons (Fsp3) is 0.143. The van der Waals surface area contributed by atoms with Crippen LogP contribution < -0.4 is 0 Å². The predicted octanol–water partition coefficient (Wildman–Crippen LogP) is 1.28. The summed E-state index contributed by atoms with van der Waals surface area (Å²) in [5.74, 6) is -1.40. The van der Waals surface area contributed by atoms with Gasteiger partial charge in [-0.25, -0.2) is 9.59 Å². The van der Waals surface area contributed by atoms with Gasteiger partial charge in [0.05, 0.1) is 25.3 Å². The van der Waals surface area contributed by atoms with Gasteiger partial charge in [0, 0.05) is 24.2 Å². The maximum Gasteiger partial charge on any atom is 0.337 e. The van der Waals surface area contributed by atoms with E-state index < -0.39 is 27.0 Å². The van der Waals surface area contributed by atoms with Gasteiger partial charge in [-0.1, -0.05) is 6.07 Å². The van der Waals surface area contributed by atoms with Crippen LogP contribution in [-0.2, 0) is 19.6 Å². The molecule has 0 aliphatic rings. The van der Waals surface area contributed by atoms with Crippen LogP contribution in [0, 0.1) is 0 Å². The van der Waals surface area contributed by atoms with Crippen molar-refractivity contribution in [1.29, 1.82) is 0 Å². The van der Waals surface area contributed by atoms with Crippen molar-refractivity contribution in [3.63, 3.8) is 0 Å². The van der Waals surface area contributed by atoms with Gasteiger partial charge in [-0.2, -0.15) is 8.42 Å². The number of carbonyl (C=O) groups excluding carboxylic acids is 2. The first-order valence-electron chi connectivity index (χ1n) is 6.00. The zero-order valence-corrected chi connectivity index (χ0v) is 13.5. The number of carbonyl (C=O) groups is 2. The third kappa shape index (κ3) is 3.92. The van der Waals surface area contributed by atoms with Gasteiger partial charge in [-0.05, 0) is 29.7 Å². The van der Waals surface area contributed by atoms with E-state index in [9.17, 15) is 22.6 Å². The van der Waals surface area contributed by atoms with Crippen molar-refractivity contribution < 1.29 is 32.0 Å². The van der Waals surface area contributed by atoms with Gasteiger partial charge in [-0.3, -0.25) is 4.55 Å². The average Bonchev–Trinajstić information content (AvgIpc) is 2.50. The molecular weight excluding hydrogens is 319 g/mol. The van der Waals surface area contributed by atoms with Crippen molar-refractivity contribution in [2.75, 3.05) is 14.2 Å². The number of hydrogen-bond donors (Lipinski definition) is 1. The Hall–Kier alpha value is -1.85. The molecule has 0 bridgehead atoms. The zero-order chi connectivity index (χ0) is 16.5. The van der Waals surface area contributed by atoms with Crippen LogP contribution in [-0.4, -0.2) is 58.0 Å². The molecule has 7 nitrogen and oxygen atoms in total. The SMILES string of the molecule is COC(=O)c1cc(S(=O)(=O)O)c2cc(C(=O)OC)ccc2c1.[Li]. The molecule has 23 heavy (non-hydrogen) atoms.